The number of rotatable bonds is 2. The van der Waals surface area contributed by atoms with Crippen molar-refractivity contribution in [2.45, 2.75) is 31.5 Å². The van der Waals surface area contributed by atoms with Crippen LogP contribution in [0.25, 0.3) is 0 Å². The van der Waals surface area contributed by atoms with Crippen molar-refractivity contribution in [3.63, 3.8) is 0 Å². The van der Waals surface area contributed by atoms with Crippen LogP contribution in [0.1, 0.15) is 19.3 Å². The van der Waals surface area contributed by atoms with Gasteiger partial charge in [0.2, 0.25) is 0 Å². The van der Waals surface area contributed by atoms with Gasteiger partial charge in [0.15, 0.2) is 6.10 Å². The predicted molar refractivity (Wildman–Crippen MR) is 46.5 cm³/mol. The molecule has 0 spiro atoms. The number of hydrogen-bond acceptors (Lipinski definition) is 3. The van der Waals surface area contributed by atoms with Crippen molar-refractivity contribution in [2.24, 2.45) is 5.73 Å². The Balaban J connectivity index is 0.00000121. The Hall–Kier alpha value is -0.320. The standard InChI is InChI=1S/C7H13NO3.ClH/c8-4-5-2-1-3-6(11-5)7(9)10;/h5-6H,1-4,8H2,(H,9,10);1H/t5-,6+;/m0./s1. The molecule has 1 aliphatic heterocycles. The lowest BCUT2D eigenvalue weighted by molar-refractivity contribution is -0.158. The third-order valence-electron chi connectivity index (χ3n) is 1.89. The molecule has 0 aromatic rings. The maximum absolute atomic E-state index is 10.5. The van der Waals surface area contributed by atoms with Crippen molar-refractivity contribution in [1.29, 1.82) is 0 Å². The average Bonchev–Trinajstić information content (AvgIpc) is 2.05. The van der Waals surface area contributed by atoms with E-state index in [0.717, 1.165) is 12.8 Å². The van der Waals surface area contributed by atoms with Crippen LogP contribution in [-0.2, 0) is 9.53 Å². The van der Waals surface area contributed by atoms with Gasteiger partial charge in [0, 0.05) is 6.54 Å². The zero-order valence-corrected chi connectivity index (χ0v) is 7.55. The molecular weight excluding hydrogens is 182 g/mol. The first-order valence-electron chi connectivity index (χ1n) is 3.82. The van der Waals surface area contributed by atoms with Gasteiger partial charge in [0.05, 0.1) is 6.10 Å². The quantitative estimate of drug-likeness (QED) is 0.669. The van der Waals surface area contributed by atoms with Gasteiger partial charge in [-0.15, -0.1) is 12.4 Å². The lowest BCUT2D eigenvalue weighted by atomic mass is 10.0. The number of carbonyl (C=O) groups is 1. The van der Waals surface area contributed by atoms with Crippen LogP contribution >= 0.6 is 12.4 Å². The minimum Gasteiger partial charge on any atom is -0.479 e. The molecule has 3 N–H and O–H groups in total. The SMILES string of the molecule is Cl.NC[C@@H]1CCC[C@H](C(=O)O)O1. The van der Waals surface area contributed by atoms with Gasteiger partial charge in [-0.05, 0) is 19.3 Å². The van der Waals surface area contributed by atoms with Crippen molar-refractivity contribution in [3.05, 3.63) is 0 Å². The molecule has 2 atom stereocenters. The number of hydrogen-bond donors (Lipinski definition) is 2. The van der Waals surface area contributed by atoms with Gasteiger partial charge in [-0.3, -0.25) is 0 Å². The predicted octanol–water partition coefficient (Wildman–Crippen LogP) is 0.389. The van der Waals surface area contributed by atoms with E-state index in [1.807, 2.05) is 0 Å². The second-order valence-electron chi connectivity index (χ2n) is 2.75. The van der Waals surface area contributed by atoms with Crippen LogP contribution in [0.5, 0.6) is 0 Å². The number of carboxylic acids is 1. The first-order chi connectivity index (χ1) is 5.24. The van der Waals surface area contributed by atoms with E-state index in [4.69, 9.17) is 15.6 Å². The molecule has 1 fully saturated rings. The molecule has 0 aromatic carbocycles. The van der Waals surface area contributed by atoms with E-state index in [-0.39, 0.29) is 18.5 Å². The Morgan fingerprint density at radius 2 is 2.25 bits per heavy atom. The molecule has 1 heterocycles. The Kier molecular flexibility index (Phi) is 5.20. The molecule has 0 radical (unpaired) electrons. The number of halogens is 1. The van der Waals surface area contributed by atoms with Gasteiger partial charge in [-0.2, -0.15) is 0 Å². The van der Waals surface area contributed by atoms with E-state index >= 15 is 0 Å². The lowest BCUT2D eigenvalue weighted by Gasteiger charge is -2.26. The topological polar surface area (TPSA) is 72.6 Å². The van der Waals surface area contributed by atoms with Crippen molar-refractivity contribution < 1.29 is 14.6 Å². The monoisotopic (exact) mass is 195 g/mol. The molecule has 0 unspecified atom stereocenters. The van der Waals surface area contributed by atoms with Crippen molar-refractivity contribution in [1.82, 2.24) is 0 Å². The molecule has 4 nitrogen and oxygen atoms in total. The number of ether oxygens (including phenoxy) is 1. The van der Waals surface area contributed by atoms with Crippen molar-refractivity contribution >= 4 is 18.4 Å². The maximum atomic E-state index is 10.5. The molecular formula is C7H14ClNO3. The summed E-state index contributed by atoms with van der Waals surface area (Å²) in [7, 11) is 0. The summed E-state index contributed by atoms with van der Waals surface area (Å²) >= 11 is 0. The molecule has 1 saturated heterocycles. The highest BCUT2D eigenvalue weighted by molar-refractivity contribution is 5.85. The number of aliphatic carboxylic acids is 1. The summed E-state index contributed by atoms with van der Waals surface area (Å²) in [4.78, 5) is 10.5. The number of nitrogens with two attached hydrogens (primary N) is 1. The molecule has 12 heavy (non-hydrogen) atoms. The fourth-order valence-electron chi connectivity index (χ4n) is 1.25. The Morgan fingerprint density at radius 1 is 1.58 bits per heavy atom. The molecule has 1 rings (SSSR count). The fourth-order valence-corrected chi connectivity index (χ4v) is 1.25. The van der Waals surface area contributed by atoms with Crippen LogP contribution in [0, 0.1) is 0 Å². The van der Waals surface area contributed by atoms with Gasteiger partial charge < -0.3 is 15.6 Å². The zero-order valence-electron chi connectivity index (χ0n) is 6.73. The summed E-state index contributed by atoms with van der Waals surface area (Å²) in [5, 5.41) is 8.59. The smallest absolute Gasteiger partial charge is 0.332 e. The van der Waals surface area contributed by atoms with Crippen LogP contribution in [0.4, 0.5) is 0 Å². The second kappa shape index (κ2) is 5.35. The van der Waals surface area contributed by atoms with Crippen LogP contribution in [0.3, 0.4) is 0 Å². The van der Waals surface area contributed by atoms with E-state index < -0.39 is 12.1 Å². The Morgan fingerprint density at radius 3 is 2.75 bits per heavy atom. The van der Waals surface area contributed by atoms with Gasteiger partial charge in [-0.1, -0.05) is 0 Å². The summed E-state index contributed by atoms with van der Waals surface area (Å²) in [5.41, 5.74) is 5.35. The zero-order chi connectivity index (χ0) is 8.27. The van der Waals surface area contributed by atoms with Crippen molar-refractivity contribution in [2.75, 3.05) is 6.54 Å². The highest BCUT2D eigenvalue weighted by Crippen LogP contribution is 2.17. The minimum absolute atomic E-state index is 0. The third-order valence-corrected chi connectivity index (χ3v) is 1.89. The molecule has 0 saturated carbocycles. The molecule has 0 bridgehead atoms. The van der Waals surface area contributed by atoms with Crippen LogP contribution in [0.15, 0.2) is 0 Å². The second-order valence-corrected chi connectivity index (χ2v) is 2.75. The highest BCUT2D eigenvalue weighted by atomic mass is 35.5. The third kappa shape index (κ3) is 2.97. The average molecular weight is 196 g/mol. The lowest BCUT2D eigenvalue weighted by Crippen LogP contribution is -2.37. The molecule has 72 valence electrons. The molecule has 0 aliphatic carbocycles. The highest BCUT2D eigenvalue weighted by Gasteiger charge is 2.26. The van der Waals surface area contributed by atoms with Crippen LogP contribution < -0.4 is 5.73 Å². The minimum atomic E-state index is -0.872. The van der Waals surface area contributed by atoms with Gasteiger partial charge in [0.25, 0.3) is 0 Å². The summed E-state index contributed by atoms with van der Waals surface area (Å²) in [6.45, 7) is 0.420. The molecule has 1 aliphatic rings. The summed E-state index contributed by atoms with van der Waals surface area (Å²) in [5.74, 6) is -0.872. The normalized spacial score (nSPS) is 29.1. The summed E-state index contributed by atoms with van der Waals surface area (Å²) in [6, 6.07) is 0. The Bertz CT molecular complexity index is 154. The van der Waals surface area contributed by atoms with E-state index in [1.54, 1.807) is 0 Å². The fraction of sp³-hybridized carbons (Fsp3) is 0.857. The van der Waals surface area contributed by atoms with Crippen LogP contribution in [0.2, 0.25) is 0 Å². The Labute approximate surface area is 77.5 Å². The van der Waals surface area contributed by atoms with E-state index in [9.17, 15) is 4.79 Å². The largest absolute Gasteiger partial charge is 0.479 e. The van der Waals surface area contributed by atoms with Crippen LogP contribution in [-0.4, -0.2) is 29.8 Å². The first kappa shape index (κ1) is 11.7. The van der Waals surface area contributed by atoms with E-state index in [1.165, 1.54) is 0 Å². The number of carboxylic acid groups (broad SMARTS) is 1. The molecule has 5 heteroatoms. The summed E-state index contributed by atoms with van der Waals surface area (Å²) in [6.07, 6.45) is 1.73. The first-order valence-corrected chi connectivity index (χ1v) is 3.82. The van der Waals surface area contributed by atoms with Crippen molar-refractivity contribution in [3.8, 4) is 0 Å². The van der Waals surface area contributed by atoms with E-state index in [0.29, 0.717) is 13.0 Å². The van der Waals surface area contributed by atoms with E-state index in [2.05, 4.69) is 0 Å². The molecule has 0 amide bonds. The van der Waals surface area contributed by atoms with Gasteiger partial charge in [0.1, 0.15) is 0 Å². The molecule has 0 aromatic heterocycles. The van der Waals surface area contributed by atoms with Gasteiger partial charge in [-0.25, -0.2) is 4.79 Å². The maximum Gasteiger partial charge on any atom is 0.332 e. The van der Waals surface area contributed by atoms with Gasteiger partial charge >= 0.3 is 5.97 Å². The summed E-state index contributed by atoms with van der Waals surface area (Å²) < 4.78 is 5.17.